The van der Waals surface area contributed by atoms with Crippen LogP contribution >= 0.6 is 11.6 Å². The molecule has 0 bridgehead atoms. The van der Waals surface area contributed by atoms with Crippen molar-refractivity contribution in [1.82, 2.24) is 14.4 Å². The van der Waals surface area contributed by atoms with Crippen molar-refractivity contribution in [3.8, 4) is 0 Å². The minimum absolute atomic E-state index is 0.00776. The Morgan fingerprint density at radius 2 is 2.17 bits per heavy atom. The zero-order valence-corrected chi connectivity index (χ0v) is 18.4. The summed E-state index contributed by atoms with van der Waals surface area (Å²) in [6.45, 7) is 1.40. The van der Waals surface area contributed by atoms with Crippen LogP contribution in [0.2, 0.25) is 5.02 Å². The van der Waals surface area contributed by atoms with Crippen molar-refractivity contribution in [3.05, 3.63) is 58.9 Å². The first kappa shape index (κ1) is 22.6. The van der Waals surface area contributed by atoms with E-state index in [2.05, 4.69) is 4.98 Å². The second-order valence-corrected chi connectivity index (χ2v) is 9.24. The maximum atomic E-state index is 13.3. The van der Waals surface area contributed by atoms with E-state index >= 15 is 0 Å². The van der Waals surface area contributed by atoms with Gasteiger partial charge in [-0.25, -0.2) is 8.42 Å². The standard InChI is InChI=1S/C20H24ClN3O5S/c1-23(28-2)30(26,27)19-11-16(7-8-18(19)21)20(25)24(14-17-6-4-10-29-17)13-15-5-3-9-22-12-15/h3,5,7-9,11-12,17H,4,6,10,13-14H2,1-2H3. The molecule has 1 atom stereocenters. The zero-order valence-electron chi connectivity index (χ0n) is 16.8. The van der Waals surface area contributed by atoms with Gasteiger partial charge in [-0.3, -0.25) is 14.6 Å². The van der Waals surface area contributed by atoms with Crippen LogP contribution in [0.25, 0.3) is 0 Å². The molecular formula is C20H24ClN3O5S. The highest BCUT2D eigenvalue weighted by Gasteiger charge is 2.28. The predicted octanol–water partition coefficient (Wildman–Crippen LogP) is 2.74. The van der Waals surface area contributed by atoms with Gasteiger partial charge in [-0.05, 0) is 42.7 Å². The van der Waals surface area contributed by atoms with Gasteiger partial charge in [-0.2, -0.15) is 0 Å². The average molecular weight is 454 g/mol. The molecule has 0 saturated carbocycles. The Morgan fingerprint density at radius 1 is 1.37 bits per heavy atom. The number of sulfonamides is 1. The lowest BCUT2D eigenvalue weighted by molar-refractivity contribution is -0.0258. The number of ether oxygens (including phenoxy) is 1. The van der Waals surface area contributed by atoms with E-state index in [1.54, 1.807) is 23.4 Å². The summed E-state index contributed by atoms with van der Waals surface area (Å²) in [7, 11) is -1.52. The number of hydrogen-bond donors (Lipinski definition) is 0. The fourth-order valence-corrected chi connectivity index (χ4v) is 4.69. The Bertz CT molecular complexity index is 981. The molecular weight excluding hydrogens is 430 g/mol. The van der Waals surface area contributed by atoms with Gasteiger partial charge >= 0.3 is 0 Å². The third-order valence-electron chi connectivity index (χ3n) is 4.88. The van der Waals surface area contributed by atoms with Gasteiger partial charge < -0.3 is 9.64 Å². The van der Waals surface area contributed by atoms with Crippen LogP contribution in [0.4, 0.5) is 0 Å². The smallest absolute Gasteiger partial charge is 0.266 e. The van der Waals surface area contributed by atoms with Crippen LogP contribution in [0, 0.1) is 0 Å². The van der Waals surface area contributed by atoms with E-state index in [9.17, 15) is 13.2 Å². The third kappa shape index (κ3) is 5.16. The van der Waals surface area contributed by atoms with Crippen molar-refractivity contribution in [3.63, 3.8) is 0 Å². The lowest BCUT2D eigenvalue weighted by Crippen LogP contribution is -2.37. The molecule has 162 valence electrons. The van der Waals surface area contributed by atoms with Gasteiger partial charge in [-0.15, -0.1) is 0 Å². The van der Waals surface area contributed by atoms with Gasteiger partial charge in [0.1, 0.15) is 4.90 Å². The highest BCUT2D eigenvalue weighted by molar-refractivity contribution is 7.89. The number of benzene rings is 1. The molecule has 2 heterocycles. The summed E-state index contributed by atoms with van der Waals surface area (Å²) < 4.78 is 31.7. The number of aromatic nitrogens is 1. The van der Waals surface area contributed by atoms with Crippen molar-refractivity contribution in [1.29, 1.82) is 0 Å². The molecule has 1 fully saturated rings. The van der Waals surface area contributed by atoms with Crippen molar-refractivity contribution < 1.29 is 22.8 Å². The fourth-order valence-electron chi connectivity index (χ4n) is 3.22. The Kier molecular flexibility index (Phi) is 7.43. The van der Waals surface area contributed by atoms with Gasteiger partial charge in [0.05, 0.1) is 18.2 Å². The molecule has 8 nitrogen and oxygen atoms in total. The van der Waals surface area contributed by atoms with Crippen LogP contribution in [-0.2, 0) is 26.1 Å². The third-order valence-corrected chi connectivity index (χ3v) is 7.04. The van der Waals surface area contributed by atoms with Crippen LogP contribution in [0.1, 0.15) is 28.8 Å². The number of carbonyl (C=O) groups excluding carboxylic acids is 1. The monoisotopic (exact) mass is 453 g/mol. The van der Waals surface area contributed by atoms with Crippen molar-refractivity contribution in [2.24, 2.45) is 0 Å². The van der Waals surface area contributed by atoms with Crippen molar-refractivity contribution in [2.75, 3.05) is 27.3 Å². The number of rotatable bonds is 8. The number of carbonyl (C=O) groups is 1. The van der Waals surface area contributed by atoms with Gasteiger partial charge in [0.25, 0.3) is 15.9 Å². The maximum absolute atomic E-state index is 13.3. The Hall–Kier alpha value is -2.04. The molecule has 1 aromatic carbocycles. The number of hydroxylamine groups is 1. The summed E-state index contributed by atoms with van der Waals surface area (Å²) in [5, 5.41) is 0.00776. The average Bonchev–Trinajstić information content (AvgIpc) is 3.26. The van der Waals surface area contributed by atoms with Gasteiger partial charge in [0, 0.05) is 44.7 Å². The second-order valence-electron chi connectivity index (χ2n) is 6.92. The first-order chi connectivity index (χ1) is 14.3. The Morgan fingerprint density at radius 3 is 2.80 bits per heavy atom. The molecule has 1 amide bonds. The molecule has 1 aliphatic rings. The van der Waals surface area contributed by atoms with E-state index < -0.39 is 10.0 Å². The molecule has 1 aromatic heterocycles. The predicted molar refractivity (Wildman–Crippen MR) is 111 cm³/mol. The summed E-state index contributed by atoms with van der Waals surface area (Å²) in [5.41, 5.74) is 1.08. The topological polar surface area (TPSA) is 89.0 Å². The molecule has 0 radical (unpaired) electrons. The molecule has 0 spiro atoms. The lowest BCUT2D eigenvalue weighted by atomic mass is 10.1. The van der Waals surface area contributed by atoms with Crippen LogP contribution in [0.3, 0.4) is 0 Å². The van der Waals surface area contributed by atoms with Gasteiger partial charge in [0.15, 0.2) is 0 Å². The fraction of sp³-hybridized carbons (Fsp3) is 0.400. The number of pyridine rings is 1. The second kappa shape index (κ2) is 9.84. The van der Waals surface area contributed by atoms with Crippen molar-refractivity contribution >= 4 is 27.5 Å². The highest BCUT2D eigenvalue weighted by Crippen LogP contribution is 2.26. The quantitative estimate of drug-likeness (QED) is 0.571. The highest BCUT2D eigenvalue weighted by atomic mass is 35.5. The largest absolute Gasteiger partial charge is 0.376 e. The summed E-state index contributed by atoms with van der Waals surface area (Å²) in [5.74, 6) is -0.317. The first-order valence-electron chi connectivity index (χ1n) is 9.45. The number of nitrogens with zero attached hydrogens (tertiary/aromatic N) is 3. The van der Waals surface area contributed by atoms with E-state index in [4.69, 9.17) is 21.2 Å². The van der Waals surface area contributed by atoms with Crippen LogP contribution in [0.5, 0.6) is 0 Å². The van der Waals surface area contributed by atoms with Crippen LogP contribution in [0.15, 0.2) is 47.6 Å². The molecule has 3 rings (SSSR count). The molecule has 30 heavy (non-hydrogen) atoms. The van der Waals surface area contributed by atoms with E-state index in [0.29, 0.717) is 24.2 Å². The van der Waals surface area contributed by atoms with E-state index in [-0.39, 0.29) is 27.5 Å². The van der Waals surface area contributed by atoms with E-state index in [1.807, 2.05) is 6.07 Å². The first-order valence-corrected chi connectivity index (χ1v) is 11.3. The van der Waals surface area contributed by atoms with Gasteiger partial charge in [0.2, 0.25) is 0 Å². The minimum Gasteiger partial charge on any atom is -0.376 e. The molecule has 0 aliphatic carbocycles. The maximum Gasteiger partial charge on any atom is 0.266 e. The van der Waals surface area contributed by atoms with Crippen molar-refractivity contribution in [2.45, 2.75) is 30.4 Å². The normalized spacial score (nSPS) is 16.7. The number of hydrogen-bond acceptors (Lipinski definition) is 6. The lowest BCUT2D eigenvalue weighted by Gasteiger charge is -2.26. The zero-order chi connectivity index (χ0) is 21.7. The minimum atomic E-state index is -4.01. The molecule has 1 unspecified atom stereocenters. The van der Waals surface area contributed by atoms with E-state index in [1.165, 1.54) is 32.4 Å². The molecule has 10 heteroatoms. The Balaban J connectivity index is 1.92. The summed E-state index contributed by atoms with van der Waals surface area (Å²) in [4.78, 5) is 23.7. The van der Waals surface area contributed by atoms with Crippen LogP contribution in [-0.4, -0.2) is 62.1 Å². The SMILES string of the molecule is CON(C)S(=O)(=O)c1cc(C(=O)N(Cc2cccnc2)CC2CCCO2)ccc1Cl. The summed E-state index contributed by atoms with van der Waals surface area (Å²) >= 11 is 6.12. The van der Waals surface area contributed by atoms with Gasteiger partial charge in [-0.1, -0.05) is 22.1 Å². The number of halogens is 1. The Labute approximate surface area is 181 Å². The summed E-state index contributed by atoms with van der Waals surface area (Å²) in [6, 6.07) is 7.88. The summed E-state index contributed by atoms with van der Waals surface area (Å²) in [6.07, 6.45) is 5.13. The van der Waals surface area contributed by atoms with E-state index in [0.717, 1.165) is 18.4 Å². The molecule has 0 N–H and O–H groups in total. The molecule has 1 aliphatic heterocycles. The van der Waals surface area contributed by atoms with Crippen LogP contribution < -0.4 is 0 Å². The number of amides is 1. The molecule has 2 aromatic rings. The molecule has 1 saturated heterocycles.